The molecule has 0 radical (unpaired) electrons. The van der Waals surface area contributed by atoms with Crippen LogP contribution >= 0.6 is 0 Å². The second-order valence-electron chi connectivity index (χ2n) is 2.66. The van der Waals surface area contributed by atoms with Crippen LogP contribution < -0.4 is 5.46 Å². The number of halogens is 3. The van der Waals surface area contributed by atoms with Crippen LogP contribution in [-0.2, 0) is 15.8 Å². The second-order valence-corrected chi connectivity index (χ2v) is 2.66. The lowest BCUT2D eigenvalue weighted by Gasteiger charge is -2.08. The Bertz CT molecular complexity index is 309. The van der Waals surface area contributed by atoms with Gasteiger partial charge < -0.3 is 0 Å². The summed E-state index contributed by atoms with van der Waals surface area (Å²) >= 11 is 0. The van der Waals surface area contributed by atoms with E-state index in [0.29, 0.717) is 0 Å². The van der Waals surface area contributed by atoms with Gasteiger partial charge >= 0.3 is 13.3 Å². The van der Waals surface area contributed by atoms with Crippen molar-refractivity contribution in [2.75, 3.05) is 0 Å². The van der Waals surface area contributed by atoms with Crippen molar-refractivity contribution in [3.05, 3.63) is 29.8 Å². The van der Waals surface area contributed by atoms with E-state index < -0.39 is 18.9 Å². The van der Waals surface area contributed by atoms with E-state index in [1.54, 1.807) is 0 Å². The molecule has 0 unspecified atom stereocenters. The maximum absolute atomic E-state index is 12.1. The molecule has 0 amide bonds. The van der Waals surface area contributed by atoms with Crippen molar-refractivity contribution in [2.45, 2.75) is 6.18 Å². The van der Waals surface area contributed by atoms with Crippen LogP contribution in [0.3, 0.4) is 0 Å². The average Bonchev–Trinajstić information content (AvgIpc) is 2.19. The van der Waals surface area contributed by atoms with Crippen LogP contribution in [0.4, 0.5) is 13.2 Å². The summed E-state index contributed by atoms with van der Waals surface area (Å²) in [5, 5.41) is 16.4. The van der Waals surface area contributed by atoms with E-state index >= 15 is 0 Å². The summed E-state index contributed by atoms with van der Waals surface area (Å²) in [6, 6.07) is 3.58. The highest BCUT2D eigenvalue weighted by atomic mass is 19.4. The van der Waals surface area contributed by atoms with E-state index in [1.807, 2.05) is 0 Å². The van der Waals surface area contributed by atoms with Gasteiger partial charge in [0.15, 0.2) is 0 Å². The van der Waals surface area contributed by atoms with Gasteiger partial charge in [0.25, 0.3) is 0 Å². The Labute approximate surface area is 82.9 Å². The summed E-state index contributed by atoms with van der Waals surface area (Å²) in [5.74, 6) is 0. The highest BCUT2D eigenvalue weighted by molar-refractivity contribution is 6.60. The zero-order chi connectivity index (χ0) is 11.5. The van der Waals surface area contributed by atoms with Crippen molar-refractivity contribution in [2.24, 2.45) is 0 Å². The summed E-state index contributed by atoms with van der Waals surface area (Å²) in [6.45, 7) is 0. The molecule has 15 heavy (non-hydrogen) atoms. The first-order valence-electron chi connectivity index (χ1n) is 3.76. The molecular weight excluding hydrogens is 216 g/mol. The fourth-order valence-electron chi connectivity index (χ4n) is 0.970. The van der Waals surface area contributed by atoms with E-state index in [9.17, 15) is 13.2 Å². The normalized spacial score (nSPS) is 11.5. The van der Waals surface area contributed by atoms with Gasteiger partial charge in [0.1, 0.15) is 0 Å². The monoisotopic (exact) mass is 222 g/mol. The SMILES string of the molecule is OOB(OO)c1ccc(C(F)(F)F)cc1. The van der Waals surface area contributed by atoms with E-state index in [4.69, 9.17) is 10.5 Å². The molecule has 0 fully saturated rings. The minimum atomic E-state index is -4.44. The molecule has 1 aromatic rings. The van der Waals surface area contributed by atoms with Gasteiger partial charge in [0.05, 0.1) is 5.56 Å². The molecule has 0 bridgehead atoms. The lowest BCUT2D eigenvalue weighted by Crippen LogP contribution is -2.35. The Kier molecular flexibility index (Phi) is 3.69. The van der Waals surface area contributed by atoms with Crippen LogP contribution in [0, 0.1) is 0 Å². The van der Waals surface area contributed by atoms with E-state index in [-0.39, 0.29) is 5.46 Å². The van der Waals surface area contributed by atoms with Gasteiger partial charge in [-0.15, -0.1) is 0 Å². The average molecular weight is 222 g/mol. The lowest BCUT2D eigenvalue weighted by atomic mass is 9.79. The molecule has 0 atom stereocenters. The molecule has 0 aliphatic carbocycles. The molecule has 82 valence electrons. The van der Waals surface area contributed by atoms with Crippen molar-refractivity contribution < 1.29 is 33.3 Å². The molecule has 0 aromatic heterocycles. The third kappa shape index (κ3) is 2.93. The number of hydrogen-bond acceptors (Lipinski definition) is 4. The molecule has 0 saturated carbocycles. The first-order chi connectivity index (χ1) is 6.99. The molecule has 0 spiro atoms. The van der Waals surface area contributed by atoms with Crippen molar-refractivity contribution in [3.63, 3.8) is 0 Å². The van der Waals surface area contributed by atoms with E-state index in [1.165, 1.54) is 0 Å². The fourth-order valence-corrected chi connectivity index (χ4v) is 0.970. The maximum atomic E-state index is 12.1. The largest absolute Gasteiger partial charge is 0.554 e. The Hall–Kier alpha value is -1.09. The topological polar surface area (TPSA) is 58.9 Å². The Balaban J connectivity index is 2.89. The number of benzene rings is 1. The highest BCUT2D eigenvalue weighted by Gasteiger charge is 2.31. The summed E-state index contributed by atoms with van der Waals surface area (Å²) < 4.78 is 36.4. The molecule has 2 N–H and O–H groups in total. The van der Waals surface area contributed by atoms with Crippen LogP contribution in [0.2, 0.25) is 0 Å². The van der Waals surface area contributed by atoms with Crippen LogP contribution in [0.1, 0.15) is 5.56 Å². The maximum Gasteiger partial charge on any atom is 0.554 e. The molecule has 4 nitrogen and oxygen atoms in total. The second kappa shape index (κ2) is 4.62. The van der Waals surface area contributed by atoms with Gasteiger partial charge in [-0.05, 0) is 5.46 Å². The zero-order valence-electron chi connectivity index (χ0n) is 7.23. The fraction of sp³-hybridized carbons (Fsp3) is 0.143. The van der Waals surface area contributed by atoms with Crippen molar-refractivity contribution in [1.29, 1.82) is 0 Å². The molecule has 1 rings (SSSR count). The summed E-state index contributed by atoms with van der Waals surface area (Å²) in [4.78, 5) is 7.32. The minimum absolute atomic E-state index is 0.0491. The standard InChI is InChI=1S/C7H6BF3O4/c9-7(10,11)5-1-3-6(4-2-5)8(14-12)15-13/h1-4,12-13H. The van der Waals surface area contributed by atoms with E-state index in [0.717, 1.165) is 24.3 Å². The van der Waals surface area contributed by atoms with Crippen molar-refractivity contribution >= 4 is 12.6 Å². The number of hydrogen-bond donors (Lipinski definition) is 2. The Morgan fingerprint density at radius 2 is 1.47 bits per heavy atom. The Morgan fingerprint density at radius 1 is 1.00 bits per heavy atom. The van der Waals surface area contributed by atoms with Gasteiger partial charge in [-0.3, -0.25) is 20.1 Å². The zero-order valence-corrected chi connectivity index (χ0v) is 7.23. The van der Waals surface area contributed by atoms with Crippen LogP contribution in [0.25, 0.3) is 0 Å². The molecular formula is C7H6BF3O4. The van der Waals surface area contributed by atoms with Gasteiger partial charge in [-0.25, -0.2) is 0 Å². The van der Waals surface area contributed by atoms with Crippen molar-refractivity contribution in [3.8, 4) is 0 Å². The first-order valence-corrected chi connectivity index (χ1v) is 3.76. The molecule has 0 saturated heterocycles. The molecule has 0 heterocycles. The smallest absolute Gasteiger partial charge is 0.264 e. The predicted octanol–water partition coefficient (Wildman–Crippen LogP) is 1.38. The molecule has 0 aliphatic rings. The van der Waals surface area contributed by atoms with Crippen molar-refractivity contribution in [1.82, 2.24) is 0 Å². The lowest BCUT2D eigenvalue weighted by molar-refractivity contribution is -0.221. The summed E-state index contributed by atoms with van der Waals surface area (Å²) in [6.07, 6.45) is -4.44. The van der Waals surface area contributed by atoms with Gasteiger partial charge in [-0.2, -0.15) is 13.2 Å². The first kappa shape index (κ1) is 12.0. The van der Waals surface area contributed by atoms with Gasteiger partial charge in [0, 0.05) is 0 Å². The quantitative estimate of drug-likeness (QED) is 0.460. The summed E-state index contributed by atoms with van der Waals surface area (Å²) in [5.41, 5.74) is -0.797. The third-order valence-corrected chi connectivity index (χ3v) is 1.70. The molecule has 1 aromatic carbocycles. The summed E-state index contributed by atoms with van der Waals surface area (Å²) in [7, 11) is -1.52. The third-order valence-electron chi connectivity index (χ3n) is 1.70. The van der Waals surface area contributed by atoms with Crippen LogP contribution in [0.5, 0.6) is 0 Å². The predicted molar refractivity (Wildman–Crippen MR) is 44.3 cm³/mol. The van der Waals surface area contributed by atoms with Crippen LogP contribution in [-0.4, -0.2) is 17.6 Å². The molecule has 8 heteroatoms. The van der Waals surface area contributed by atoms with Gasteiger partial charge in [-0.1, -0.05) is 24.3 Å². The van der Waals surface area contributed by atoms with Gasteiger partial charge in [0.2, 0.25) is 0 Å². The number of rotatable bonds is 3. The minimum Gasteiger partial charge on any atom is -0.264 e. The molecule has 0 aliphatic heterocycles. The van der Waals surface area contributed by atoms with E-state index in [2.05, 4.69) is 9.61 Å². The number of alkyl halides is 3. The van der Waals surface area contributed by atoms with Crippen LogP contribution in [0.15, 0.2) is 24.3 Å². The Morgan fingerprint density at radius 3 is 1.80 bits per heavy atom. The highest BCUT2D eigenvalue weighted by Crippen LogP contribution is 2.28.